The van der Waals surface area contributed by atoms with E-state index in [4.69, 9.17) is 5.84 Å². The van der Waals surface area contributed by atoms with Crippen molar-refractivity contribution in [1.82, 2.24) is 5.43 Å². The molecule has 4 heteroatoms. The van der Waals surface area contributed by atoms with Crippen molar-refractivity contribution in [3.63, 3.8) is 0 Å². The van der Waals surface area contributed by atoms with Gasteiger partial charge in [0.25, 0.3) is 0 Å². The van der Waals surface area contributed by atoms with Crippen LogP contribution in [0.3, 0.4) is 0 Å². The summed E-state index contributed by atoms with van der Waals surface area (Å²) in [4.78, 5) is 6.23. The van der Waals surface area contributed by atoms with Crippen LogP contribution in [-0.2, 0) is 0 Å². The zero-order valence-electron chi connectivity index (χ0n) is 10.4. The number of nitrogens with zero attached hydrogens (tertiary/aromatic N) is 2. The molecule has 0 aromatic heterocycles. The molecule has 0 amide bonds. The number of nitrogens with one attached hydrogen (secondary N) is 1. The van der Waals surface area contributed by atoms with Gasteiger partial charge in [0.2, 0.25) is 5.96 Å². The number of hydrogen-bond donors (Lipinski definition) is 2. The van der Waals surface area contributed by atoms with E-state index in [9.17, 15) is 0 Å². The SMILES string of the molecule is CCN=C(NN)N(C)c1cc(C)cc(C)c1. The third kappa shape index (κ3) is 2.97. The van der Waals surface area contributed by atoms with Crippen LogP contribution in [0.1, 0.15) is 18.1 Å². The number of hydrogen-bond acceptors (Lipinski definition) is 2. The molecule has 3 N–H and O–H groups in total. The number of anilines is 1. The molecule has 0 radical (unpaired) electrons. The molecule has 0 fully saturated rings. The van der Waals surface area contributed by atoms with Crippen LogP contribution in [-0.4, -0.2) is 19.6 Å². The maximum atomic E-state index is 5.45. The molecule has 0 aliphatic heterocycles. The number of aliphatic imine (C=N–C) groups is 1. The average Bonchev–Trinajstić information content (AvgIpc) is 2.23. The summed E-state index contributed by atoms with van der Waals surface area (Å²) in [5.74, 6) is 6.12. The Morgan fingerprint density at radius 3 is 2.31 bits per heavy atom. The van der Waals surface area contributed by atoms with E-state index >= 15 is 0 Å². The van der Waals surface area contributed by atoms with Crippen molar-refractivity contribution < 1.29 is 0 Å². The maximum absolute atomic E-state index is 5.45. The molecular weight excluding hydrogens is 200 g/mol. The van der Waals surface area contributed by atoms with Crippen molar-refractivity contribution >= 4 is 11.6 Å². The molecule has 0 aliphatic carbocycles. The first-order valence-corrected chi connectivity index (χ1v) is 5.41. The summed E-state index contributed by atoms with van der Waals surface area (Å²) in [7, 11) is 1.95. The molecule has 0 atom stereocenters. The predicted molar refractivity (Wildman–Crippen MR) is 69.6 cm³/mol. The summed E-state index contributed by atoms with van der Waals surface area (Å²) >= 11 is 0. The Morgan fingerprint density at radius 2 is 1.88 bits per heavy atom. The van der Waals surface area contributed by atoms with E-state index in [0.717, 1.165) is 5.69 Å². The summed E-state index contributed by atoms with van der Waals surface area (Å²) in [5.41, 5.74) is 6.16. The molecule has 1 aromatic carbocycles. The third-order valence-electron chi connectivity index (χ3n) is 2.35. The van der Waals surface area contributed by atoms with Gasteiger partial charge in [-0.15, -0.1) is 0 Å². The largest absolute Gasteiger partial charge is 0.315 e. The molecule has 4 nitrogen and oxygen atoms in total. The predicted octanol–water partition coefficient (Wildman–Crippen LogP) is 1.58. The van der Waals surface area contributed by atoms with E-state index in [2.05, 4.69) is 42.5 Å². The number of aryl methyl sites for hydroxylation is 2. The normalized spacial score (nSPS) is 11.4. The minimum absolute atomic E-state index is 0.674. The first kappa shape index (κ1) is 12.5. The van der Waals surface area contributed by atoms with Gasteiger partial charge in [0.15, 0.2) is 0 Å². The summed E-state index contributed by atoms with van der Waals surface area (Å²) in [5, 5.41) is 0. The molecular formula is C12H20N4. The molecule has 0 saturated heterocycles. The van der Waals surface area contributed by atoms with Crippen LogP contribution >= 0.6 is 0 Å². The van der Waals surface area contributed by atoms with Gasteiger partial charge in [0, 0.05) is 19.3 Å². The number of hydrazine groups is 1. The van der Waals surface area contributed by atoms with E-state index < -0.39 is 0 Å². The van der Waals surface area contributed by atoms with Gasteiger partial charge >= 0.3 is 0 Å². The van der Waals surface area contributed by atoms with Gasteiger partial charge in [-0.1, -0.05) is 6.07 Å². The van der Waals surface area contributed by atoms with E-state index in [0.29, 0.717) is 12.5 Å². The molecule has 0 heterocycles. The van der Waals surface area contributed by atoms with Gasteiger partial charge in [-0.05, 0) is 44.0 Å². The smallest absolute Gasteiger partial charge is 0.212 e. The molecule has 0 aliphatic rings. The van der Waals surface area contributed by atoms with Crippen LogP contribution in [0, 0.1) is 13.8 Å². The fraction of sp³-hybridized carbons (Fsp3) is 0.417. The monoisotopic (exact) mass is 220 g/mol. The zero-order valence-corrected chi connectivity index (χ0v) is 10.4. The van der Waals surface area contributed by atoms with Crippen LogP contribution < -0.4 is 16.2 Å². The van der Waals surface area contributed by atoms with E-state index in [1.54, 1.807) is 0 Å². The van der Waals surface area contributed by atoms with Crippen molar-refractivity contribution in [1.29, 1.82) is 0 Å². The third-order valence-corrected chi connectivity index (χ3v) is 2.35. The highest BCUT2D eigenvalue weighted by Crippen LogP contribution is 2.17. The Balaban J connectivity index is 3.03. The summed E-state index contributed by atoms with van der Waals surface area (Å²) in [6, 6.07) is 6.36. The Kier molecular flexibility index (Phi) is 4.31. The van der Waals surface area contributed by atoms with Crippen molar-refractivity contribution in [2.24, 2.45) is 10.8 Å². The van der Waals surface area contributed by atoms with Gasteiger partial charge in [-0.2, -0.15) is 0 Å². The lowest BCUT2D eigenvalue weighted by Crippen LogP contribution is -2.43. The van der Waals surface area contributed by atoms with Crippen LogP contribution in [0.25, 0.3) is 0 Å². The molecule has 88 valence electrons. The number of guanidine groups is 1. The molecule has 0 unspecified atom stereocenters. The van der Waals surface area contributed by atoms with Crippen LogP contribution in [0.15, 0.2) is 23.2 Å². The highest BCUT2D eigenvalue weighted by molar-refractivity contribution is 5.95. The highest BCUT2D eigenvalue weighted by Gasteiger charge is 2.07. The molecule has 1 rings (SSSR count). The minimum Gasteiger partial charge on any atom is -0.315 e. The molecule has 0 saturated carbocycles. The van der Waals surface area contributed by atoms with E-state index in [1.807, 2.05) is 18.9 Å². The quantitative estimate of drug-likeness (QED) is 0.344. The van der Waals surface area contributed by atoms with Crippen molar-refractivity contribution in [2.75, 3.05) is 18.5 Å². The summed E-state index contributed by atoms with van der Waals surface area (Å²) in [6.07, 6.45) is 0. The minimum atomic E-state index is 0.674. The molecule has 16 heavy (non-hydrogen) atoms. The second-order valence-corrected chi connectivity index (χ2v) is 3.85. The zero-order chi connectivity index (χ0) is 12.1. The Bertz CT molecular complexity index is 364. The number of nitrogens with two attached hydrogens (primary N) is 1. The van der Waals surface area contributed by atoms with Crippen molar-refractivity contribution in [3.8, 4) is 0 Å². The fourth-order valence-corrected chi connectivity index (χ4v) is 1.66. The lowest BCUT2D eigenvalue weighted by molar-refractivity contribution is 0.948. The van der Waals surface area contributed by atoms with Crippen molar-refractivity contribution in [3.05, 3.63) is 29.3 Å². The summed E-state index contributed by atoms with van der Waals surface area (Å²) in [6.45, 7) is 6.84. The van der Waals surface area contributed by atoms with Crippen molar-refractivity contribution in [2.45, 2.75) is 20.8 Å². The number of rotatable bonds is 2. The Hall–Kier alpha value is -1.55. The lowest BCUT2D eigenvalue weighted by atomic mass is 10.1. The summed E-state index contributed by atoms with van der Waals surface area (Å²) < 4.78 is 0. The topological polar surface area (TPSA) is 53.6 Å². The van der Waals surface area contributed by atoms with Gasteiger partial charge in [0.1, 0.15) is 0 Å². The van der Waals surface area contributed by atoms with Gasteiger partial charge in [0.05, 0.1) is 0 Å². The average molecular weight is 220 g/mol. The van der Waals surface area contributed by atoms with Gasteiger partial charge < -0.3 is 4.90 Å². The highest BCUT2D eigenvalue weighted by atomic mass is 15.4. The molecule has 0 spiro atoms. The van der Waals surface area contributed by atoms with Gasteiger partial charge in [-0.25, -0.2) is 5.84 Å². The first-order chi connectivity index (χ1) is 7.58. The standard InChI is InChI=1S/C12H20N4/c1-5-14-12(15-13)16(4)11-7-9(2)6-10(3)8-11/h6-8H,5,13H2,1-4H3,(H,14,15). The molecule has 0 bridgehead atoms. The van der Waals surface area contributed by atoms with Crippen LogP contribution in [0.2, 0.25) is 0 Å². The Morgan fingerprint density at radius 1 is 1.31 bits per heavy atom. The van der Waals surface area contributed by atoms with Gasteiger partial charge in [-0.3, -0.25) is 10.4 Å². The second kappa shape index (κ2) is 5.51. The second-order valence-electron chi connectivity index (χ2n) is 3.85. The van der Waals surface area contributed by atoms with E-state index in [1.165, 1.54) is 11.1 Å². The van der Waals surface area contributed by atoms with Crippen LogP contribution in [0.5, 0.6) is 0 Å². The fourth-order valence-electron chi connectivity index (χ4n) is 1.66. The molecule has 1 aromatic rings. The lowest BCUT2D eigenvalue weighted by Gasteiger charge is -2.21. The maximum Gasteiger partial charge on any atom is 0.212 e. The first-order valence-electron chi connectivity index (χ1n) is 5.41. The van der Waals surface area contributed by atoms with E-state index in [-0.39, 0.29) is 0 Å². The Labute approximate surface area is 97.1 Å². The van der Waals surface area contributed by atoms with Crippen LogP contribution in [0.4, 0.5) is 5.69 Å². The number of benzene rings is 1.